The van der Waals surface area contributed by atoms with Crippen LogP contribution in [0.1, 0.15) is 19.4 Å². The maximum Gasteiger partial charge on any atom is 0.266 e. The van der Waals surface area contributed by atoms with E-state index < -0.39 is 0 Å². The number of halogens is 1. The second-order valence-electron chi connectivity index (χ2n) is 5.00. The van der Waals surface area contributed by atoms with Gasteiger partial charge in [0.2, 0.25) is 0 Å². The van der Waals surface area contributed by atoms with Crippen LogP contribution >= 0.6 is 22.6 Å². The summed E-state index contributed by atoms with van der Waals surface area (Å²) in [4.78, 5) is 18.2. The maximum absolute atomic E-state index is 11.5. The lowest BCUT2D eigenvalue weighted by atomic mass is 9.85. The third-order valence-corrected chi connectivity index (χ3v) is 4.05. The molecule has 5 heteroatoms. The Bertz CT molecular complexity index is 608. The van der Waals surface area contributed by atoms with Crippen LogP contribution in [0.2, 0.25) is 0 Å². The lowest BCUT2D eigenvalue weighted by Crippen LogP contribution is -2.29. The van der Waals surface area contributed by atoms with Gasteiger partial charge in [0.1, 0.15) is 9.39 Å². The Labute approximate surface area is 125 Å². The van der Waals surface area contributed by atoms with E-state index in [1.165, 1.54) is 11.9 Å². The van der Waals surface area contributed by atoms with Crippen LogP contribution in [-0.4, -0.2) is 16.5 Å². The Morgan fingerprint density at radius 2 is 2.00 bits per heavy atom. The summed E-state index contributed by atoms with van der Waals surface area (Å²) in [5, 5.41) is 3.25. The Morgan fingerprint density at radius 1 is 1.32 bits per heavy atom. The molecule has 0 fully saturated rings. The summed E-state index contributed by atoms with van der Waals surface area (Å²) in [6, 6.07) is 10.3. The van der Waals surface area contributed by atoms with Gasteiger partial charge >= 0.3 is 0 Å². The molecule has 0 radical (unpaired) electrons. The highest BCUT2D eigenvalue weighted by Crippen LogP contribution is 2.23. The second kappa shape index (κ2) is 5.73. The van der Waals surface area contributed by atoms with Crippen molar-refractivity contribution < 1.29 is 0 Å². The molecule has 0 spiro atoms. The van der Waals surface area contributed by atoms with Crippen molar-refractivity contribution in [3.8, 4) is 0 Å². The van der Waals surface area contributed by atoms with E-state index in [0.717, 1.165) is 0 Å². The molecule has 0 saturated heterocycles. The molecule has 100 valence electrons. The van der Waals surface area contributed by atoms with Crippen LogP contribution in [0, 0.1) is 3.57 Å². The third kappa shape index (κ3) is 3.34. The fourth-order valence-electron chi connectivity index (χ4n) is 1.80. The van der Waals surface area contributed by atoms with E-state index in [1.807, 2.05) is 40.8 Å². The van der Waals surface area contributed by atoms with Crippen molar-refractivity contribution in [3.05, 3.63) is 56.1 Å². The number of benzene rings is 1. The van der Waals surface area contributed by atoms with Gasteiger partial charge in [-0.1, -0.05) is 44.2 Å². The monoisotopic (exact) mass is 369 g/mol. The first-order valence-electron chi connectivity index (χ1n) is 6.03. The van der Waals surface area contributed by atoms with Crippen molar-refractivity contribution in [2.24, 2.45) is 0 Å². The summed E-state index contributed by atoms with van der Waals surface area (Å²) in [5.74, 6) is 0.633. The Kier molecular flexibility index (Phi) is 4.24. The summed E-state index contributed by atoms with van der Waals surface area (Å²) < 4.78 is 0.587. The van der Waals surface area contributed by atoms with Gasteiger partial charge in [-0.15, -0.1) is 0 Å². The SMILES string of the molecule is CC(C)(CNc1nc[nH]c(=O)c1I)c1ccccc1. The number of nitrogens with zero attached hydrogens (tertiary/aromatic N) is 1. The molecule has 2 aromatic rings. The van der Waals surface area contributed by atoms with Crippen molar-refractivity contribution in [1.82, 2.24) is 9.97 Å². The van der Waals surface area contributed by atoms with Gasteiger partial charge in [0, 0.05) is 12.0 Å². The Morgan fingerprint density at radius 3 is 2.68 bits per heavy atom. The van der Waals surface area contributed by atoms with Gasteiger partial charge in [-0.3, -0.25) is 4.79 Å². The van der Waals surface area contributed by atoms with Gasteiger partial charge < -0.3 is 10.3 Å². The van der Waals surface area contributed by atoms with Gasteiger partial charge in [0.25, 0.3) is 5.56 Å². The number of hydrogen-bond donors (Lipinski definition) is 2. The molecule has 4 nitrogen and oxygen atoms in total. The standard InChI is InChI=1S/C14H16IN3O/c1-14(2,10-6-4-3-5-7-10)8-16-12-11(15)13(19)18-9-17-12/h3-7,9H,8H2,1-2H3,(H2,16,17,18,19). The van der Waals surface area contributed by atoms with E-state index in [-0.39, 0.29) is 11.0 Å². The van der Waals surface area contributed by atoms with Crippen molar-refractivity contribution in [1.29, 1.82) is 0 Å². The number of aromatic nitrogens is 2. The van der Waals surface area contributed by atoms with Crippen LogP contribution in [0.4, 0.5) is 5.82 Å². The van der Waals surface area contributed by atoms with Crippen LogP contribution in [0.25, 0.3) is 0 Å². The summed E-state index contributed by atoms with van der Waals surface area (Å²) in [7, 11) is 0. The van der Waals surface area contributed by atoms with Crippen molar-refractivity contribution in [2.45, 2.75) is 19.3 Å². The molecule has 2 N–H and O–H groups in total. The minimum Gasteiger partial charge on any atom is -0.368 e. The van der Waals surface area contributed by atoms with Gasteiger partial charge in [-0.2, -0.15) is 0 Å². The van der Waals surface area contributed by atoms with Crippen LogP contribution in [-0.2, 0) is 5.41 Å². The van der Waals surface area contributed by atoms with Crippen LogP contribution in [0.5, 0.6) is 0 Å². The molecule has 0 unspecified atom stereocenters. The number of rotatable bonds is 4. The molecule has 0 amide bonds. The third-order valence-electron chi connectivity index (χ3n) is 3.05. The molecular formula is C14H16IN3O. The minimum absolute atomic E-state index is 0.0331. The smallest absolute Gasteiger partial charge is 0.266 e. The highest BCUT2D eigenvalue weighted by molar-refractivity contribution is 14.1. The maximum atomic E-state index is 11.5. The first-order valence-corrected chi connectivity index (χ1v) is 7.11. The summed E-state index contributed by atoms with van der Waals surface area (Å²) in [6.07, 6.45) is 1.42. The first kappa shape index (κ1) is 14.0. The van der Waals surface area contributed by atoms with Crippen molar-refractivity contribution in [3.63, 3.8) is 0 Å². The molecule has 1 aromatic heterocycles. The predicted octanol–water partition coefficient (Wildman–Crippen LogP) is 2.76. The lowest BCUT2D eigenvalue weighted by Gasteiger charge is -2.26. The molecule has 0 aliphatic carbocycles. The molecule has 0 atom stereocenters. The zero-order chi connectivity index (χ0) is 13.9. The normalized spacial score (nSPS) is 11.3. The molecule has 0 saturated carbocycles. The van der Waals surface area contributed by atoms with Gasteiger partial charge in [0.05, 0.1) is 6.33 Å². The largest absolute Gasteiger partial charge is 0.368 e. The first-order chi connectivity index (χ1) is 9.00. The fraction of sp³-hybridized carbons (Fsp3) is 0.286. The molecule has 19 heavy (non-hydrogen) atoms. The number of aromatic amines is 1. The van der Waals surface area contributed by atoms with E-state index in [1.54, 1.807) is 0 Å². The van der Waals surface area contributed by atoms with Gasteiger partial charge in [-0.05, 0) is 28.2 Å². The average Bonchev–Trinajstić information content (AvgIpc) is 2.41. The highest BCUT2D eigenvalue weighted by Gasteiger charge is 2.20. The van der Waals surface area contributed by atoms with E-state index in [9.17, 15) is 4.79 Å². The summed E-state index contributed by atoms with van der Waals surface area (Å²) >= 11 is 2.00. The molecule has 0 bridgehead atoms. The van der Waals surface area contributed by atoms with Crippen molar-refractivity contribution >= 4 is 28.4 Å². The fourth-order valence-corrected chi connectivity index (χ4v) is 2.29. The van der Waals surface area contributed by atoms with Crippen molar-refractivity contribution in [2.75, 3.05) is 11.9 Å². The van der Waals surface area contributed by atoms with E-state index in [4.69, 9.17) is 0 Å². The Balaban J connectivity index is 2.14. The number of H-pyrrole nitrogens is 1. The molecule has 1 heterocycles. The zero-order valence-corrected chi connectivity index (χ0v) is 13.1. The average molecular weight is 369 g/mol. The van der Waals surface area contributed by atoms with E-state index in [0.29, 0.717) is 15.9 Å². The Hall–Kier alpha value is -1.37. The summed E-state index contributed by atoms with van der Waals surface area (Å²) in [5.41, 5.74) is 1.10. The topological polar surface area (TPSA) is 57.8 Å². The van der Waals surface area contributed by atoms with E-state index >= 15 is 0 Å². The summed E-state index contributed by atoms with van der Waals surface area (Å²) in [6.45, 7) is 5.04. The second-order valence-corrected chi connectivity index (χ2v) is 6.08. The minimum atomic E-state index is -0.115. The molecule has 2 rings (SSSR count). The highest BCUT2D eigenvalue weighted by atomic mass is 127. The molecular weight excluding hydrogens is 353 g/mol. The van der Waals surface area contributed by atoms with Crippen LogP contribution < -0.4 is 10.9 Å². The van der Waals surface area contributed by atoms with Gasteiger partial charge in [-0.25, -0.2) is 4.98 Å². The number of anilines is 1. The number of nitrogens with one attached hydrogen (secondary N) is 2. The lowest BCUT2D eigenvalue weighted by molar-refractivity contribution is 0.556. The molecule has 0 aliphatic rings. The van der Waals surface area contributed by atoms with Crippen LogP contribution in [0.3, 0.4) is 0 Å². The predicted molar refractivity (Wildman–Crippen MR) is 85.5 cm³/mol. The molecule has 0 aliphatic heterocycles. The quantitative estimate of drug-likeness (QED) is 0.815. The number of hydrogen-bond acceptors (Lipinski definition) is 3. The van der Waals surface area contributed by atoms with Crippen LogP contribution in [0.15, 0.2) is 41.5 Å². The van der Waals surface area contributed by atoms with E-state index in [2.05, 4.69) is 41.3 Å². The zero-order valence-electron chi connectivity index (χ0n) is 10.9. The van der Waals surface area contributed by atoms with Gasteiger partial charge in [0.15, 0.2) is 0 Å². The molecule has 1 aromatic carbocycles.